The maximum atomic E-state index is 13.3. The number of hydrogen-bond acceptors (Lipinski definition) is 5. The fourth-order valence-corrected chi connectivity index (χ4v) is 4.43. The van der Waals surface area contributed by atoms with Crippen molar-refractivity contribution in [1.82, 2.24) is 9.88 Å². The van der Waals surface area contributed by atoms with E-state index in [1.54, 1.807) is 25.2 Å². The van der Waals surface area contributed by atoms with Crippen molar-refractivity contribution in [2.45, 2.75) is 31.9 Å². The third-order valence-electron chi connectivity index (χ3n) is 6.18. The topological polar surface area (TPSA) is 77.7 Å². The predicted molar refractivity (Wildman–Crippen MR) is 111 cm³/mol. The number of carbonyl (C=O) groups is 1. The molecular formula is C23H20F3N3O3. The van der Waals surface area contributed by atoms with Gasteiger partial charge in [-0.05, 0) is 42.8 Å². The third kappa shape index (κ3) is 3.15. The number of aromatic nitrogens is 1. The lowest BCUT2D eigenvalue weighted by atomic mass is 9.99. The van der Waals surface area contributed by atoms with E-state index in [1.165, 1.54) is 11.0 Å². The number of rotatable bonds is 2. The van der Waals surface area contributed by atoms with Crippen molar-refractivity contribution in [2.75, 3.05) is 19.4 Å². The maximum absolute atomic E-state index is 13.3. The van der Waals surface area contributed by atoms with Crippen LogP contribution in [0, 0.1) is 0 Å². The van der Waals surface area contributed by atoms with E-state index in [0.29, 0.717) is 29.1 Å². The molecule has 1 aromatic heterocycles. The molecule has 2 atom stereocenters. The molecule has 6 nitrogen and oxygen atoms in total. The zero-order valence-electron chi connectivity index (χ0n) is 17.4. The van der Waals surface area contributed by atoms with E-state index < -0.39 is 17.8 Å². The van der Waals surface area contributed by atoms with Gasteiger partial charge in [-0.25, -0.2) is 4.98 Å². The summed E-state index contributed by atoms with van der Waals surface area (Å²) in [6.07, 6.45) is -4.62. The van der Waals surface area contributed by atoms with E-state index >= 15 is 0 Å². The average Bonchev–Trinajstić information content (AvgIpc) is 3.35. The van der Waals surface area contributed by atoms with E-state index in [4.69, 9.17) is 15.2 Å². The van der Waals surface area contributed by atoms with Crippen LogP contribution in [0.2, 0.25) is 0 Å². The summed E-state index contributed by atoms with van der Waals surface area (Å²) in [5.41, 5.74) is 8.73. The van der Waals surface area contributed by atoms with Gasteiger partial charge in [-0.2, -0.15) is 13.2 Å². The SMILES string of the molecule is C[C@H]1OCc2c1c(N)nc1ccc(C(=O)N(C)[C@@H]3COc4cc(C(F)(F)F)ccc43)cc21. The zero-order chi connectivity index (χ0) is 22.8. The molecule has 3 aromatic rings. The van der Waals surface area contributed by atoms with Gasteiger partial charge in [-0.15, -0.1) is 0 Å². The molecule has 32 heavy (non-hydrogen) atoms. The standard InChI is InChI=1S/C23H20F3N3O3/c1-11-20-16(9-31-11)15-7-12(3-6-17(15)28-21(20)27)22(30)29(2)18-10-32-19-8-13(23(24,25)26)4-5-14(18)19/h3-8,11,18H,9-10H2,1-2H3,(H2,27,28)/t11-,18-/m1/s1. The summed E-state index contributed by atoms with van der Waals surface area (Å²) >= 11 is 0. The number of nitrogen functional groups attached to an aromatic ring is 1. The van der Waals surface area contributed by atoms with E-state index in [1.807, 2.05) is 6.92 Å². The largest absolute Gasteiger partial charge is 0.491 e. The molecule has 2 N–H and O–H groups in total. The first kappa shape index (κ1) is 20.6. The second-order valence-corrected chi connectivity index (χ2v) is 8.07. The zero-order valence-corrected chi connectivity index (χ0v) is 17.4. The molecule has 2 aliphatic heterocycles. The van der Waals surface area contributed by atoms with Gasteiger partial charge in [0.2, 0.25) is 0 Å². The number of nitrogens with two attached hydrogens (primary N) is 1. The Balaban J connectivity index is 1.47. The van der Waals surface area contributed by atoms with Crippen LogP contribution in [0.5, 0.6) is 5.75 Å². The summed E-state index contributed by atoms with van der Waals surface area (Å²) in [4.78, 5) is 19.2. The molecule has 0 saturated carbocycles. The van der Waals surface area contributed by atoms with Crippen LogP contribution in [-0.2, 0) is 17.5 Å². The maximum Gasteiger partial charge on any atom is 0.416 e. The molecule has 0 bridgehead atoms. The number of pyridine rings is 1. The molecule has 1 amide bonds. The summed E-state index contributed by atoms with van der Waals surface area (Å²) in [5.74, 6) is 0.295. The van der Waals surface area contributed by atoms with Crippen molar-refractivity contribution >= 4 is 22.6 Å². The summed E-state index contributed by atoms with van der Waals surface area (Å²) in [7, 11) is 1.62. The number of ether oxygens (including phenoxy) is 2. The molecule has 0 spiro atoms. The average molecular weight is 443 g/mol. The first-order valence-corrected chi connectivity index (χ1v) is 10.1. The van der Waals surface area contributed by atoms with Gasteiger partial charge in [0.15, 0.2) is 0 Å². The molecular weight excluding hydrogens is 423 g/mol. The molecule has 0 aliphatic carbocycles. The van der Waals surface area contributed by atoms with Crippen LogP contribution in [-0.4, -0.2) is 29.4 Å². The number of carbonyl (C=O) groups excluding carboxylic acids is 1. The highest BCUT2D eigenvalue weighted by molar-refractivity contribution is 5.99. The first-order chi connectivity index (χ1) is 15.1. The van der Waals surface area contributed by atoms with Gasteiger partial charge in [-0.3, -0.25) is 4.79 Å². The quantitative estimate of drug-likeness (QED) is 0.625. The van der Waals surface area contributed by atoms with Gasteiger partial charge in [0.1, 0.15) is 18.2 Å². The number of nitrogens with zero attached hydrogens (tertiary/aromatic N) is 2. The Labute approximate surface area is 181 Å². The fraction of sp³-hybridized carbons (Fsp3) is 0.304. The minimum absolute atomic E-state index is 0.0886. The molecule has 2 aromatic carbocycles. The van der Waals surface area contributed by atoms with Crippen molar-refractivity contribution < 1.29 is 27.4 Å². The summed E-state index contributed by atoms with van der Waals surface area (Å²) in [6.45, 7) is 2.38. The van der Waals surface area contributed by atoms with Crippen molar-refractivity contribution in [2.24, 2.45) is 0 Å². The van der Waals surface area contributed by atoms with Gasteiger partial charge in [0, 0.05) is 29.1 Å². The Morgan fingerprint density at radius 2 is 2.00 bits per heavy atom. The van der Waals surface area contributed by atoms with E-state index in [2.05, 4.69) is 4.98 Å². The molecule has 166 valence electrons. The van der Waals surface area contributed by atoms with Crippen molar-refractivity contribution in [3.63, 3.8) is 0 Å². The third-order valence-corrected chi connectivity index (χ3v) is 6.18. The lowest BCUT2D eigenvalue weighted by Gasteiger charge is -2.24. The van der Waals surface area contributed by atoms with Gasteiger partial charge >= 0.3 is 6.18 Å². The second-order valence-electron chi connectivity index (χ2n) is 8.07. The highest BCUT2D eigenvalue weighted by Gasteiger charge is 2.36. The molecule has 3 heterocycles. The Hall–Kier alpha value is -3.33. The van der Waals surface area contributed by atoms with Crippen LogP contribution < -0.4 is 10.5 Å². The second kappa shape index (κ2) is 7.09. The van der Waals surface area contributed by atoms with Gasteiger partial charge < -0.3 is 20.1 Å². The number of amides is 1. The van der Waals surface area contributed by atoms with Crippen LogP contribution in [0.25, 0.3) is 10.9 Å². The summed E-state index contributed by atoms with van der Waals surface area (Å²) < 4.78 is 50.2. The van der Waals surface area contributed by atoms with E-state index in [-0.39, 0.29) is 24.4 Å². The Morgan fingerprint density at radius 1 is 1.22 bits per heavy atom. The van der Waals surface area contributed by atoms with Crippen molar-refractivity contribution in [3.8, 4) is 5.75 Å². The lowest BCUT2D eigenvalue weighted by molar-refractivity contribution is -0.137. The molecule has 0 radical (unpaired) electrons. The lowest BCUT2D eigenvalue weighted by Crippen LogP contribution is -2.32. The number of alkyl halides is 3. The monoisotopic (exact) mass is 443 g/mol. The summed E-state index contributed by atoms with van der Waals surface area (Å²) in [5, 5.41) is 0.802. The number of hydrogen-bond donors (Lipinski definition) is 1. The fourth-order valence-electron chi connectivity index (χ4n) is 4.43. The van der Waals surface area contributed by atoms with Crippen LogP contribution in [0.4, 0.5) is 19.0 Å². The minimum atomic E-state index is -4.46. The van der Waals surface area contributed by atoms with Crippen LogP contribution >= 0.6 is 0 Å². The Morgan fingerprint density at radius 3 is 2.75 bits per heavy atom. The molecule has 0 saturated heterocycles. The minimum Gasteiger partial charge on any atom is -0.491 e. The van der Waals surface area contributed by atoms with Crippen molar-refractivity contribution in [3.05, 3.63) is 64.2 Å². The van der Waals surface area contributed by atoms with E-state index in [9.17, 15) is 18.0 Å². The number of anilines is 1. The molecule has 2 aliphatic rings. The van der Waals surface area contributed by atoms with Crippen molar-refractivity contribution in [1.29, 1.82) is 0 Å². The van der Waals surface area contributed by atoms with Crippen LogP contribution in [0.3, 0.4) is 0 Å². The number of benzene rings is 2. The van der Waals surface area contributed by atoms with Crippen LogP contribution in [0.1, 0.15) is 51.7 Å². The highest BCUT2D eigenvalue weighted by Crippen LogP contribution is 2.41. The molecule has 0 fully saturated rings. The number of likely N-dealkylation sites (N-methyl/N-ethyl adjacent to an activating group) is 1. The number of halogens is 3. The Bertz CT molecular complexity index is 1260. The van der Waals surface area contributed by atoms with Gasteiger partial charge in [-0.1, -0.05) is 6.07 Å². The highest BCUT2D eigenvalue weighted by atomic mass is 19.4. The molecule has 0 unspecified atom stereocenters. The molecule has 9 heteroatoms. The van der Waals surface area contributed by atoms with E-state index in [0.717, 1.165) is 28.6 Å². The smallest absolute Gasteiger partial charge is 0.416 e. The summed E-state index contributed by atoms with van der Waals surface area (Å²) in [6, 6.07) is 8.05. The normalized spacial score (nSPS) is 19.5. The van der Waals surface area contributed by atoms with Crippen LogP contribution in [0.15, 0.2) is 36.4 Å². The first-order valence-electron chi connectivity index (χ1n) is 10.1. The number of fused-ring (bicyclic) bond motifs is 4. The van der Waals surface area contributed by atoms with Gasteiger partial charge in [0.25, 0.3) is 5.91 Å². The predicted octanol–water partition coefficient (Wildman–Crippen LogP) is 4.63. The Kier molecular flexibility index (Phi) is 4.56. The van der Waals surface area contributed by atoms with Gasteiger partial charge in [0.05, 0.1) is 29.8 Å². The molecule has 5 rings (SSSR count).